The molecule has 0 aliphatic carbocycles. The molecule has 2 fully saturated rings. The Kier molecular flexibility index (Phi) is 11.5. The molecule has 0 aromatic carbocycles. The van der Waals surface area contributed by atoms with Crippen LogP contribution in [-0.4, -0.2) is 112 Å². The lowest BCUT2D eigenvalue weighted by Gasteiger charge is -2.45. The molecule has 1 aromatic heterocycles. The van der Waals surface area contributed by atoms with Gasteiger partial charge in [0.1, 0.15) is 0 Å². The molecule has 0 atom stereocenters. The number of pyridine rings is 1. The minimum atomic E-state index is -5.08. The van der Waals surface area contributed by atoms with Gasteiger partial charge in [0, 0.05) is 50.5 Å². The predicted octanol–water partition coefficient (Wildman–Crippen LogP) is 2.51. The van der Waals surface area contributed by atoms with Gasteiger partial charge in [0.25, 0.3) is 5.91 Å². The first-order valence-corrected chi connectivity index (χ1v) is 11.2. The van der Waals surface area contributed by atoms with Gasteiger partial charge in [-0.15, -0.1) is 0 Å². The number of hydrogen-bond donors (Lipinski definition) is 2. The Balaban J connectivity index is 0.000000426. The van der Waals surface area contributed by atoms with Crippen molar-refractivity contribution < 1.29 is 55.7 Å². The minimum Gasteiger partial charge on any atom is -0.475 e. The van der Waals surface area contributed by atoms with E-state index in [4.69, 9.17) is 19.8 Å². The summed E-state index contributed by atoms with van der Waals surface area (Å²) in [5.74, 6) is -5.20. The summed E-state index contributed by atoms with van der Waals surface area (Å²) in [4.78, 5) is 52.8. The van der Waals surface area contributed by atoms with Gasteiger partial charge in [0.2, 0.25) is 5.91 Å². The van der Waals surface area contributed by atoms with E-state index in [2.05, 4.69) is 14.8 Å². The summed E-state index contributed by atoms with van der Waals surface area (Å²) in [5, 5.41) is 14.2. The van der Waals surface area contributed by atoms with Crippen molar-refractivity contribution in [2.45, 2.75) is 43.6 Å². The smallest absolute Gasteiger partial charge is 0.475 e. The highest BCUT2D eigenvalue weighted by atomic mass is 19.4. The fraction of sp³-hybridized carbons (Fsp3) is 0.591. The number of nitrogens with zero attached hydrogens (tertiary/aromatic N) is 4. The van der Waals surface area contributed by atoms with Crippen LogP contribution < -0.4 is 0 Å². The Bertz CT molecular complexity index is 939. The van der Waals surface area contributed by atoms with E-state index in [-0.39, 0.29) is 17.4 Å². The third-order valence-electron chi connectivity index (χ3n) is 5.82. The molecule has 1 spiro atoms. The number of rotatable bonds is 4. The van der Waals surface area contributed by atoms with E-state index in [0.29, 0.717) is 25.1 Å². The maximum Gasteiger partial charge on any atom is 0.490 e. The van der Waals surface area contributed by atoms with Gasteiger partial charge >= 0.3 is 24.3 Å². The van der Waals surface area contributed by atoms with Crippen molar-refractivity contribution in [2.75, 3.05) is 40.3 Å². The van der Waals surface area contributed by atoms with Crippen molar-refractivity contribution in [1.29, 1.82) is 0 Å². The SMILES string of the molecule is CN(C)CCN1C(=O)CCC12CCN(C(=O)c1cccnc1)CC2.O=C(O)C(F)(F)F.O=C(O)C(F)(F)F. The molecule has 1 aromatic rings. The predicted molar refractivity (Wildman–Crippen MR) is 119 cm³/mol. The Labute approximate surface area is 213 Å². The number of likely N-dealkylation sites (N-methyl/N-ethyl adjacent to an activating group) is 1. The molecular formula is C22H28F6N4O6. The molecule has 3 heterocycles. The average Bonchev–Trinajstić information content (AvgIpc) is 3.12. The van der Waals surface area contributed by atoms with Crippen molar-refractivity contribution in [2.24, 2.45) is 0 Å². The van der Waals surface area contributed by atoms with E-state index in [1.54, 1.807) is 18.5 Å². The molecule has 2 aliphatic rings. The van der Waals surface area contributed by atoms with Crippen LogP contribution in [0.2, 0.25) is 0 Å². The molecule has 214 valence electrons. The molecule has 2 N–H and O–H groups in total. The molecule has 38 heavy (non-hydrogen) atoms. The average molecular weight is 558 g/mol. The number of carbonyl (C=O) groups is 4. The summed E-state index contributed by atoms with van der Waals surface area (Å²) in [6, 6.07) is 3.60. The lowest BCUT2D eigenvalue weighted by Crippen LogP contribution is -2.55. The normalized spacial score (nSPS) is 16.9. The minimum absolute atomic E-state index is 0.0428. The molecule has 0 unspecified atom stereocenters. The van der Waals surface area contributed by atoms with Crippen LogP contribution in [0.15, 0.2) is 24.5 Å². The molecule has 2 aliphatic heterocycles. The first kappa shape index (κ1) is 32.6. The zero-order chi connectivity index (χ0) is 29.3. The van der Waals surface area contributed by atoms with Gasteiger partial charge in [-0.05, 0) is 45.5 Å². The number of carbonyl (C=O) groups excluding carboxylic acids is 2. The van der Waals surface area contributed by atoms with E-state index in [1.165, 1.54) is 0 Å². The number of aliphatic carboxylic acids is 2. The van der Waals surface area contributed by atoms with Gasteiger partial charge in [0.05, 0.1) is 5.56 Å². The van der Waals surface area contributed by atoms with E-state index in [1.807, 2.05) is 25.1 Å². The van der Waals surface area contributed by atoms with Crippen LogP contribution in [0.4, 0.5) is 26.3 Å². The number of piperidine rings is 1. The maximum atomic E-state index is 12.6. The summed E-state index contributed by atoms with van der Waals surface area (Å²) in [7, 11) is 4.06. The molecule has 3 rings (SSSR count). The second-order valence-electron chi connectivity index (χ2n) is 8.71. The summed E-state index contributed by atoms with van der Waals surface area (Å²) >= 11 is 0. The highest BCUT2D eigenvalue weighted by Crippen LogP contribution is 2.39. The van der Waals surface area contributed by atoms with Crippen LogP contribution in [0.1, 0.15) is 36.0 Å². The number of aromatic nitrogens is 1. The van der Waals surface area contributed by atoms with Gasteiger partial charge in [-0.1, -0.05) is 0 Å². The van der Waals surface area contributed by atoms with Crippen LogP contribution in [0.3, 0.4) is 0 Å². The summed E-state index contributed by atoms with van der Waals surface area (Å²) in [6.07, 6.45) is -3.56. The molecular weight excluding hydrogens is 530 g/mol. The van der Waals surface area contributed by atoms with Crippen LogP contribution in [0.5, 0.6) is 0 Å². The molecule has 16 heteroatoms. The third kappa shape index (κ3) is 9.79. The number of alkyl halides is 6. The third-order valence-corrected chi connectivity index (χ3v) is 5.82. The van der Waals surface area contributed by atoms with Gasteiger partial charge < -0.3 is 24.9 Å². The Morgan fingerprint density at radius 3 is 1.89 bits per heavy atom. The van der Waals surface area contributed by atoms with Crippen LogP contribution in [0, 0.1) is 0 Å². The van der Waals surface area contributed by atoms with Crippen LogP contribution in [0.25, 0.3) is 0 Å². The molecule has 2 amide bonds. The number of halogens is 6. The Morgan fingerprint density at radius 2 is 1.50 bits per heavy atom. The first-order valence-electron chi connectivity index (χ1n) is 11.2. The van der Waals surface area contributed by atoms with Crippen molar-refractivity contribution in [3.63, 3.8) is 0 Å². The molecule has 10 nitrogen and oxygen atoms in total. The molecule has 2 saturated heterocycles. The van der Waals surface area contributed by atoms with E-state index in [9.17, 15) is 35.9 Å². The zero-order valence-corrected chi connectivity index (χ0v) is 20.6. The highest BCUT2D eigenvalue weighted by molar-refractivity contribution is 5.94. The molecule has 0 radical (unpaired) electrons. The number of hydrogen-bond acceptors (Lipinski definition) is 6. The number of carboxylic acids is 2. The van der Waals surface area contributed by atoms with Crippen molar-refractivity contribution in [1.82, 2.24) is 19.7 Å². The van der Waals surface area contributed by atoms with Gasteiger partial charge in [0.15, 0.2) is 0 Å². The number of amides is 2. The van der Waals surface area contributed by atoms with Gasteiger partial charge in [-0.3, -0.25) is 14.6 Å². The summed E-state index contributed by atoms with van der Waals surface area (Å²) < 4.78 is 63.5. The molecule has 0 bridgehead atoms. The maximum absolute atomic E-state index is 12.6. The fourth-order valence-electron chi connectivity index (χ4n) is 3.85. The fourth-order valence-corrected chi connectivity index (χ4v) is 3.85. The summed E-state index contributed by atoms with van der Waals surface area (Å²) in [6.45, 7) is 3.08. The molecule has 0 saturated carbocycles. The van der Waals surface area contributed by atoms with Crippen LogP contribution in [-0.2, 0) is 14.4 Å². The second-order valence-corrected chi connectivity index (χ2v) is 8.71. The topological polar surface area (TPSA) is 131 Å². The lowest BCUT2D eigenvalue weighted by molar-refractivity contribution is -0.193. The van der Waals surface area contributed by atoms with Crippen LogP contribution >= 0.6 is 0 Å². The number of carboxylic acid groups (broad SMARTS) is 2. The van der Waals surface area contributed by atoms with E-state index >= 15 is 0 Å². The zero-order valence-electron chi connectivity index (χ0n) is 20.6. The van der Waals surface area contributed by atoms with Crippen molar-refractivity contribution in [3.8, 4) is 0 Å². The lowest BCUT2D eigenvalue weighted by atomic mass is 9.84. The highest BCUT2D eigenvalue weighted by Gasteiger charge is 2.47. The van der Waals surface area contributed by atoms with E-state index in [0.717, 1.165) is 32.4 Å². The van der Waals surface area contributed by atoms with Crippen molar-refractivity contribution >= 4 is 23.8 Å². The standard InChI is InChI=1S/C18H26N4O2.2C2HF3O2/c1-20(2)12-13-22-16(23)5-6-18(22)7-10-21(11-8-18)17(24)15-4-3-9-19-14-15;2*3-2(4,5)1(6)7/h3-4,9,14H,5-8,10-13H2,1-2H3;2*(H,6,7). The van der Waals surface area contributed by atoms with Crippen molar-refractivity contribution in [3.05, 3.63) is 30.1 Å². The quantitative estimate of drug-likeness (QED) is 0.539. The van der Waals surface area contributed by atoms with Gasteiger partial charge in [-0.25, -0.2) is 9.59 Å². The summed E-state index contributed by atoms with van der Waals surface area (Å²) in [5.41, 5.74) is 0.596. The second kappa shape index (κ2) is 13.4. The first-order chi connectivity index (χ1) is 17.4. The monoisotopic (exact) mass is 558 g/mol. The Morgan fingerprint density at radius 1 is 1.00 bits per heavy atom. The van der Waals surface area contributed by atoms with Gasteiger partial charge in [-0.2, -0.15) is 26.3 Å². The Hall–Kier alpha value is -3.43. The van der Waals surface area contributed by atoms with E-state index < -0.39 is 24.3 Å². The number of likely N-dealkylation sites (tertiary alicyclic amines) is 2. The largest absolute Gasteiger partial charge is 0.490 e.